The minimum Gasteiger partial charge on any atom is -0.378 e. The number of nitrogens with zero attached hydrogens (tertiary/aromatic N) is 2. The molecule has 0 unspecified atom stereocenters. The van der Waals surface area contributed by atoms with Crippen LogP contribution in [-0.4, -0.2) is 17.1 Å². The van der Waals surface area contributed by atoms with Crippen molar-refractivity contribution < 1.29 is 4.74 Å². The van der Waals surface area contributed by atoms with Gasteiger partial charge >= 0.3 is 0 Å². The fourth-order valence-corrected chi connectivity index (χ4v) is 3.00. The minimum atomic E-state index is 0.402. The topological polar surface area (TPSA) is 35.0 Å². The van der Waals surface area contributed by atoms with Gasteiger partial charge in [-0.05, 0) is 40.2 Å². The van der Waals surface area contributed by atoms with E-state index in [9.17, 15) is 0 Å². The first kappa shape index (κ1) is 16.2. The highest BCUT2D eigenvalue weighted by atomic mass is 79.9. The number of halogens is 3. The van der Waals surface area contributed by atoms with Gasteiger partial charge in [0.1, 0.15) is 11.0 Å². The number of rotatable bonds is 5. The summed E-state index contributed by atoms with van der Waals surface area (Å²) < 4.78 is 6.86. The molecule has 20 heavy (non-hydrogen) atoms. The fourth-order valence-electron chi connectivity index (χ4n) is 1.49. The molecule has 0 saturated heterocycles. The van der Waals surface area contributed by atoms with Gasteiger partial charge in [0, 0.05) is 16.5 Å². The Morgan fingerprint density at radius 1 is 1.20 bits per heavy atom. The molecule has 0 spiro atoms. The van der Waals surface area contributed by atoms with E-state index in [1.165, 1.54) is 0 Å². The summed E-state index contributed by atoms with van der Waals surface area (Å²) in [5.74, 6) is 1.35. The smallest absolute Gasteiger partial charge is 0.147 e. The number of aromatic nitrogens is 2. The molecular formula is C13H11Br2ClN2OS. The maximum absolute atomic E-state index is 6.09. The van der Waals surface area contributed by atoms with Gasteiger partial charge in [0.2, 0.25) is 0 Å². The first-order chi connectivity index (χ1) is 9.60. The van der Waals surface area contributed by atoms with Crippen LogP contribution in [0.3, 0.4) is 0 Å². The third-order valence-corrected chi connectivity index (χ3v) is 5.26. The third kappa shape index (κ3) is 4.43. The Morgan fingerprint density at radius 3 is 2.55 bits per heavy atom. The van der Waals surface area contributed by atoms with Crippen molar-refractivity contribution in [2.75, 3.05) is 7.11 Å². The highest BCUT2D eigenvalue weighted by Gasteiger charge is 2.11. The molecule has 1 aromatic heterocycles. The van der Waals surface area contributed by atoms with E-state index in [0.717, 1.165) is 15.1 Å². The van der Waals surface area contributed by atoms with E-state index in [4.69, 9.17) is 16.3 Å². The van der Waals surface area contributed by atoms with Gasteiger partial charge in [0.25, 0.3) is 0 Å². The van der Waals surface area contributed by atoms with Crippen molar-refractivity contribution in [3.8, 4) is 0 Å². The lowest BCUT2D eigenvalue weighted by atomic mass is 10.4. The highest BCUT2D eigenvalue weighted by molar-refractivity contribution is 9.10. The van der Waals surface area contributed by atoms with Crippen molar-refractivity contribution in [1.82, 2.24) is 9.97 Å². The van der Waals surface area contributed by atoms with Crippen molar-refractivity contribution in [2.24, 2.45) is 0 Å². The quantitative estimate of drug-likeness (QED) is 0.481. The number of benzene rings is 1. The zero-order valence-corrected chi connectivity index (χ0v) is 15.3. The molecule has 0 atom stereocenters. The van der Waals surface area contributed by atoms with Crippen molar-refractivity contribution in [3.63, 3.8) is 0 Å². The zero-order chi connectivity index (χ0) is 14.5. The molecule has 0 aliphatic carbocycles. The molecule has 1 heterocycles. The number of methoxy groups -OCH3 is 1. The lowest BCUT2D eigenvalue weighted by Gasteiger charge is -2.07. The Labute approximate surface area is 143 Å². The van der Waals surface area contributed by atoms with Crippen molar-refractivity contribution >= 4 is 55.2 Å². The summed E-state index contributed by atoms with van der Waals surface area (Å²) in [7, 11) is 1.62. The fraction of sp³-hybridized carbons (Fsp3) is 0.231. The van der Waals surface area contributed by atoms with E-state index < -0.39 is 0 Å². The second-order valence-electron chi connectivity index (χ2n) is 3.87. The number of ether oxygens (including phenoxy) is 1. The molecule has 1 aromatic carbocycles. The van der Waals surface area contributed by atoms with Crippen LogP contribution >= 0.6 is 55.2 Å². The summed E-state index contributed by atoms with van der Waals surface area (Å²) in [6.45, 7) is 0.402. The van der Waals surface area contributed by atoms with E-state index in [1.54, 1.807) is 18.9 Å². The van der Waals surface area contributed by atoms with Crippen LogP contribution in [0.1, 0.15) is 11.5 Å². The number of hydrogen-bond acceptors (Lipinski definition) is 4. The van der Waals surface area contributed by atoms with Gasteiger partial charge < -0.3 is 4.74 Å². The van der Waals surface area contributed by atoms with Crippen LogP contribution in [0.4, 0.5) is 0 Å². The Bertz CT molecular complexity index is 596. The van der Waals surface area contributed by atoms with Crippen molar-refractivity contribution in [2.45, 2.75) is 17.3 Å². The van der Waals surface area contributed by atoms with Crippen LogP contribution in [0, 0.1) is 0 Å². The van der Waals surface area contributed by atoms with Crippen LogP contribution < -0.4 is 0 Å². The van der Waals surface area contributed by atoms with E-state index in [1.807, 2.05) is 24.3 Å². The number of thioether (sulfide) groups is 1. The molecule has 0 radical (unpaired) electrons. The maximum atomic E-state index is 6.09. The normalized spacial score (nSPS) is 10.8. The van der Waals surface area contributed by atoms with Crippen LogP contribution in [0.25, 0.3) is 0 Å². The SMILES string of the molecule is COCc1nc(CSc2ccc(Br)cc2)nc(Cl)c1Br. The van der Waals surface area contributed by atoms with Gasteiger partial charge in [-0.1, -0.05) is 27.5 Å². The Morgan fingerprint density at radius 2 is 1.90 bits per heavy atom. The monoisotopic (exact) mass is 436 g/mol. The molecular weight excluding hydrogens is 427 g/mol. The molecule has 0 amide bonds. The van der Waals surface area contributed by atoms with Crippen molar-refractivity contribution in [1.29, 1.82) is 0 Å². The molecule has 0 bridgehead atoms. The lowest BCUT2D eigenvalue weighted by Crippen LogP contribution is -2.02. The Kier molecular flexibility index (Phi) is 6.29. The van der Waals surface area contributed by atoms with E-state index >= 15 is 0 Å². The molecule has 0 N–H and O–H groups in total. The first-order valence-corrected chi connectivity index (χ1v) is 8.63. The molecule has 0 aliphatic rings. The molecule has 0 saturated carbocycles. The molecule has 3 nitrogen and oxygen atoms in total. The van der Waals surface area contributed by atoms with Gasteiger partial charge in [0.05, 0.1) is 22.5 Å². The zero-order valence-electron chi connectivity index (χ0n) is 10.6. The largest absolute Gasteiger partial charge is 0.378 e. The summed E-state index contributed by atoms with van der Waals surface area (Å²) in [4.78, 5) is 9.88. The third-order valence-electron chi connectivity index (χ3n) is 2.39. The van der Waals surface area contributed by atoms with Crippen LogP contribution in [0.2, 0.25) is 5.15 Å². The van der Waals surface area contributed by atoms with Gasteiger partial charge in [-0.2, -0.15) is 0 Å². The lowest BCUT2D eigenvalue weighted by molar-refractivity contribution is 0.180. The Balaban J connectivity index is 2.11. The second-order valence-corrected chi connectivity index (χ2v) is 6.98. The van der Waals surface area contributed by atoms with E-state index in [2.05, 4.69) is 41.8 Å². The Hall–Kier alpha value is -0.140. The maximum Gasteiger partial charge on any atom is 0.147 e. The average molecular weight is 439 g/mol. The van der Waals surface area contributed by atoms with Crippen LogP contribution in [0.15, 0.2) is 38.1 Å². The predicted octanol–water partition coefficient (Wildman–Crippen LogP) is 5.09. The summed E-state index contributed by atoms with van der Waals surface area (Å²) in [5.41, 5.74) is 0.763. The summed E-state index contributed by atoms with van der Waals surface area (Å²) in [6.07, 6.45) is 0. The van der Waals surface area contributed by atoms with Gasteiger partial charge in [0.15, 0.2) is 0 Å². The van der Waals surface area contributed by atoms with Crippen molar-refractivity contribution in [3.05, 3.63) is 49.9 Å². The standard InChI is InChI=1S/C13H11Br2ClN2OS/c1-19-6-10-12(15)13(16)18-11(17-10)7-20-9-4-2-8(14)3-5-9/h2-5H,6-7H2,1H3. The molecule has 2 aromatic rings. The van der Waals surface area contributed by atoms with Crippen LogP contribution in [0.5, 0.6) is 0 Å². The van der Waals surface area contributed by atoms with Gasteiger partial charge in [-0.3, -0.25) is 0 Å². The van der Waals surface area contributed by atoms with E-state index in [-0.39, 0.29) is 0 Å². The molecule has 0 aliphatic heterocycles. The summed E-state index contributed by atoms with van der Waals surface area (Å²) >= 11 is 14.5. The van der Waals surface area contributed by atoms with E-state index in [0.29, 0.717) is 27.8 Å². The molecule has 2 rings (SSSR count). The summed E-state index contributed by atoms with van der Waals surface area (Å²) in [5, 5.41) is 0.415. The van der Waals surface area contributed by atoms with Gasteiger partial charge in [-0.15, -0.1) is 11.8 Å². The molecule has 106 valence electrons. The highest BCUT2D eigenvalue weighted by Crippen LogP contribution is 2.27. The first-order valence-electron chi connectivity index (χ1n) is 5.68. The summed E-state index contributed by atoms with van der Waals surface area (Å²) in [6, 6.07) is 8.11. The minimum absolute atomic E-state index is 0.402. The van der Waals surface area contributed by atoms with Gasteiger partial charge in [-0.25, -0.2) is 9.97 Å². The molecule has 0 fully saturated rings. The second kappa shape index (κ2) is 7.75. The molecule has 7 heteroatoms. The average Bonchev–Trinajstić information content (AvgIpc) is 2.44. The van der Waals surface area contributed by atoms with Crippen LogP contribution in [-0.2, 0) is 17.1 Å². The number of hydrogen-bond donors (Lipinski definition) is 0. The predicted molar refractivity (Wildman–Crippen MR) is 89.2 cm³/mol.